The number of anilines is 1. The first-order valence-corrected chi connectivity index (χ1v) is 7.26. The Bertz CT molecular complexity index is 686. The molecule has 108 valence electrons. The first-order valence-electron chi connectivity index (χ1n) is 6.38. The Kier molecular flexibility index (Phi) is 3.57. The lowest BCUT2D eigenvalue weighted by Crippen LogP contribution is -2.18. The monoisotopic (exact) mass is 303 g/mol. The van der Waals surface area contributed by atoms with Crippen molar-refractivity contribution in [3.8, 4) is 0 Å². The molecule has 0 unspecified atom stereocenters. The molecule has 0 aliphatic heterocycles. The Hall–Kier alpha value is -2.41. The van der Waals surface area contributed by atoms with E-state index in [0.29, 0.717) is 5.13 Å². The van der Waals surface area contributed by atoms with Crippen LogP contribution in [0.4, 0.5) is 5.13 Å². The number of nitrogens with two attached hydrogens (primary N) is 1. The standard InChI is InChI=1S/C14H13N3O3S/c15-14-16-11(7-21-14)12(13(18)19)17-20-10-5-8-3-1-2-4-9(8)6-10/h1-4,7,10H,5-6H2,(H2,15,16)(H,18,19)/b17-12+. The third-order valence-corrected chi connectivity index (χ3v) is 3.95. The van der Waals surface area contributed by atoms with Crippen LogP contribution in [-0.4, -0.2) is 27.9 Å². The highest BCUT2D eigenvalue weighted by Crippen LogP contribution is 2.24. The summed E-state index contributed by atoms with van der Waals surface area (Å²) < 4.78 is 0. The third kappa shape index (κ3) is 2.87. The molecule has 0 radical (unpaired) electrons. The van der Waals surface area contributed by atoms with Crippen molar-refractivity contribution in [2.75, 3.05) is 5.73 Å². The summed E-state index contributed by atoms with van der Waals surface area (Å²) in [6.45, 7) is 0. The van der Waals surface area contributed by atoms with E-state index >= 15 is 0 Å². The Labute approximate surface area is 124 Å². The SMILES string of the molecule is Nc1nc(/C(=N\OC2Cc3ccccc3C2)C(=O)O)cs1. The summed E-state index contributed by atoms with van der Waals surface area (Å²) in [7, 11) is 0. The Balaban J connectivity index is 1.74. The molecule has 1 aliphatic carbocycles. The lowest BCUT2D eigenvalue weighted by atomic mass is 10.1. The van der Waals surface area contributed by atoms with E-state index in [-0.39, 0.29) is 17.5 Å². The van der Waals surface area contributed by atoms with Gasteiger partial charge in [-0.05, 0) is 11.1 Å². The minimum Gasteiger partial charge on any atom is -0.476 e. The Morgan fingerprint density at radius 3 is 2.57 bits per heavy atom. The lowest BCUT2D eigenvalue weighted by Gasteiger charge is -2.07. The molecule has 1 aromatic heterocycles. The van der Waals surface area contributed by atoms with Crippen molar-refractivity contribution in [3.63, 3.8) is 0 Å². The van der Waals surface area contributed by atoms with Crippen LogP contribution in [0.1, 0.15) is 16.8 Å². The highest BCUT2D eigenvalue weighted by atomic mass is 32.1. The average Bonchev–Trinajstić information content (AvgIpc) is 3.04. The van der Waals surface area contributed by atoms with E-state index in [2.05, 4.69) is 10.1 Å². The fraction of sp³-hybridized carbons (Fsp3) is 0.214. The molecule has 0 bridgehead atoms. The largest absolute Gasteiger partial charge is 0.476 e. The van der Waals surface area contributed by atoms with Gasteiger partial charge in [0.2, 0.25) is 5.71 Å². The second kappa shape index (κ2) is 5.53. The number of hydrogen-bond acceptors (Lipinski definition) is 6. The maximum Gasteiger partial charge on any atom is 0.360 e. The number of fused-ring (bicyclic) bond motifs is 1. The van der Waals surface area contributed by atoms with Crippen LogP contribution in [0.25, 0.3) is 0 Å². The second-order valence-corrected chi connectivity index (χ2v) is 5.61. The number of aliphatic carboxylic acids is 1. The van der Waals surface area contributed by atoms with E-state index in [4.69, 9.17) is 10.6 Å². The Morgan fingerprint density at radius 2 is 2.05 bits per heavy atom. The van der Waals surface area contributed by atoms with Crippen LogP contribution in [0, 0.1) is 0 Å². The number of aromatic nitrogens is 1. The molecular formula is C14H13N3O3S. The van der Waals surface area contributed by atoms with E-state index in [9.17, 15) is 9.90 Å². The number of carboxylic acids is 1. The van der Waals surface area contributed by atoms with Crippen LogP contribution < -0.4 is 5.73 Å². The van der Waals surface area contributed by atoms with Crippen LogP contribution in [0.2, 0.25) is 0 Å². The first kappa shape index (κ1) is 13.6. The number of benzene rings is 1. The van der Waals surface area contributed by atoms with Crippen molar-refractivity contribution in [1.82, 2.24) is 4.98 Å². The van der Waals surface area contributed by atoms with Crippen molar-refractivity contribution in [2.45, 2.75) is 18.9 Å². The van der Waals surface area contributed by atoms with Crippen molar-refractivity contribution in [2.24, 2.45) is 5.16 Å². The molecule has 0 spiro atoms. The van der Waals surface area contributed by atoms with Gasteiger partial charge in [0, 0.05) is 18.2 Å². The predicted molar refractivity (Wildman–Crippen MR) is 79.4 cm³/mol. The van der Waals surface area contributed by atoms with Gasteiger partial charge in [-0.1, -0.05) is 29.4 Å². The van der Waals surface area contributed by atoms with E-state index in [0.717, 1.165) is 24.2 Å². The van der Waals surface area contributed by atoms with Crippen LogP contribution in [-0.2, 0) is 22.5 Å². The van der Waals surface area contributed by atoms with Gasteiger partial charge in [-0.2, -0.15) is 0 Å². The van der Waals surface area contributed by atoms with Gasteiger partial charge >= 0.3 is 5.97 Å². The number of carbonyl (C=O) groups is 1. The smallest absolute Gasteiger partial charge is 0.360 e. The van der Waals surface area contributed by atoms with Crippen LogP contribution in [0.3, 0.4) is 0 Å². The summed E-state index contributed by atoms with van der Waals surface area (Å²) >= 11 is 1.16. The summed E-state index contributed by atoms with van der Waals surface area (Å²) in [6, 6.07) is 8.04. The maximum atomic E-state index is 11.2. The van der Waals surface area contributed by atoms with Crippen molar-refractivity contribution in [1.29, 1.82) is 0 Å². The summed E-state index contributed by atoms with van der Waals surface area (Å²) in [6.07, 6.45) is 1.31. The quantitative estimate of drug-likeness (QED) is 0.661. The zero-order chi connectivity index (χ0) is 14.8. The molecule has 7 heteroatoms. The third-order valence-electron chi connectivity index (χ3n) is 3.27. The van der Waals surface area contributed by atoms with Gasteiger partial charge in [-0.25, -0.2) is 9.78 Å². The summed E-state index contributed by atoms with van der Waals surface area (Å²) in [5.74, 6) is -1.18. The molecule has 1 aliphatic rings. The van der Waals surface area contributed by atoms with Gasteiger partial charge in [0.05, 0.1) is 0 Å². The molecule has 2 aromatic rings. The van der Waals surface area contributed by atoms with Gasteiger partial charge in [-0.15, -0.1) is 11.3 Å². The zero-order valence-corrected chi connectivity index (χ0v) is 11.8. The molecule has 1 aromatic carbocycles. The van der Waals surface area contributed by atoms with Crippen molar-refractivity contribution < 1.29 is 14.7 Å². The molecule has 3 N–H and O–H groups in total. The number of nitrogens with zero attached hydrogens (tertiary/aromatic N) is 2. The van der Waals surface area contributed by atoms with Crippen molar-refractivity contribution in [3.05, 3.63) is 46.5 Å². The van der Waals surface area contributed by atoms with E-state index < -0.39 is 5.97 Å². The minimum atomic E-state index is -1.18. The lowest BCUT2D eigenvalue weighted by molar-refractivity contribution is -0.129. The summed E-state index contributed by atoms with van der Waals surface area (Å²) in [4.78, 5) is 20.6. The van der Waals surface area contributed by atoms with Crippen LogP contribution in [0.15, 0.2) is 34.8 Å². The van der Waals surface area contributed by atoms with Gasteiger partial charge < -0.3 is 15.7 Å². The number of hydrogen-bond donors (Lipinski definition) is 2. The fourth-order valence-electron chi connectivity index (χ4n) is 2.31. The van der Waals surface area contributed by atoms with Gasteiger partial charge in [0.25, 0.3) is 0 Å². The highest BCUT2D eigenvalue weighted by Gasteiger charge is 2.24. The molecule has 0 saturated heterocycles. The number of rotatable bonds is 4. The van der Waals surface area contributed by atoms with Gasteiger partial charge in [0.15, 0.2) is 5.13 Å². The first-order chi connectivity index (χ1) is 10.1. The molecule has 0 atom stereocenters. The molecule has 21 heavy (non-hydrogen) atoms. The molecule has 1 heterocycles. The topological polar surface area (TPSA) is 97.8 Å². The second-order valence-electron chi connectivity index (χ2n) is 4.72. The zero-order valence-electron chi connectivity index (χ0n) is 11.0. The summed E-state index contributed by atoms with van der Waals surface area (Å²) in [5.41, 5.74) is 7.94. The number of oxime groups is 1. The minimum absolute atomic E-state index is 0.146. The number of thiazole rings is 1. The number of nitrogen functional groups attached to an aromatic ring is 1. The van der Waals surface area contributed by atoms with Gasteiger partial charge in [0.1, 0.15) is 11.8 Å². The van der Waals surface area contributed by atoms with E-state index in [1.165, 1.54) is 11.1 Å². The van der Waals surface area contributed by atoms with Gasteiger partial charge in [-0.3, -0.25) is 0 Å². The van der Waals surface area contributed by atoms with Crippen LogP contribution in [0.5, 0.6) is 0 Å². The molecule has 3 rings (SSSR count). The van der Waals surface area contributed by atoms with E-state index in [1.807, 2.05) is 24.3 Å². The molecule has 0 fully saturated rings. The fourth-order valence-corrected chi connectivity index (χ4v) is 2.86. The molecule has 0 amide bonds. The average molecular weight is 303 g/mol. The molecule has 6 nitrogen and oxygen atoms in total. The summed E-state index contributed by atoms with van der Waals surface area (Å²) in [5, 5.41) is 14.8. The molecular weight excluding hydrogens is 290 g/mol. The maximum absolute atomic E-state index is 11.2. The molecule has 0 saturated carbocycles. The van der Waals surface area contributed by atoms with Crippen molar-refractivity contribution >= 4 is 28.1 Å². The Morgan fingerprint density at radius 1 is 1.38 bits per heavy atom. The normalized spacial score (nSPS) is 15.0. The van der Waals surface area contributed by atoms with Crippen LogP contribution >= 0.6 is 11.3 Å². The number of carboxylic acid groups (broad SMARTS) is 1. The highest BCUT2D eigenvalue weighted by molar-refractivity contribution is 7.13. The van der Waals surface area contributed by atoms with E-state index in [1.54, 1.807) is 5.38 Å². The predicted octanol–water partition coefficient (Wildman–Crippen LogP) is 1.70.